The molecule has 1 rings (SSSR count). The molecule has 0 aliphatic rings. The average molecular weight is 275 g/mol. The topological polar surface area (TPSA) is 65.0 Å². The second-order valence-electron chi connectivity index (χ2n) is 3.39. The van der Waals surface area contributed by atoms with E-state index >= 15 is 0 Å². The van der Waals surface area contributed by atoms with Gasteiger partial charge in [-0.2, -0.15) is 0 Å². The van der Waals surface area contributed by atoms with E-state index < -0.39 is 12.1 Å². The van der Waals surface area contributed by atoms with Gasteiger partial charge in [-0.3, -0.25) is 0 Å². The number of benzene rings is 1. The molecule has 1 aromatic carbocycles. The summed E-state index contributed by atoms with van der Waals surface area (Å²) >= 11 is 5.50. The number of carboxylic acids is 1. The Morgan fingerprint density at radius 1 is 1.39 bits per heavy atom. The summed E-state index contributed by atoms with van der Waals surface area (Å²) in [7, 11) is 2.97. The molecule has 5 nitrogen and oxygen atoms in total. The number of carbonyl (C=O) groups is 1. The third-order valence-electron chi connectivity index (χ3n) is 2.31. The molecule has 0 aliphatic carbocycles. The number of methoxy groups -OCH3 is 2. The SMILES string of the molecule is COc1ccc(OC)c(C(OCCCl)C(=O)O)c1. The lowest BCUT2D eigenvalue weighted by Crippen LogP contribution is -2.17. The van der Waals surface area contributed by atoms with Gasteiger partial charge in [0.05, 0.1) is 20.8 Å². The van der Waals surface area contributed by atoms with Crippen molar-refractivity contribution in [3.05, 3.63) is 23.8 Å². The number of hydrogen-bond acceptors (Lipinski definition) is 4. The summed E-state index contributed by atoms with van der Waals surface area (Å²) in [5.41, 5.74) is 0.398. The minimum atomic E-state index is -1.13. The van der Waals surface area contributed by atoms with Crippen molar-refractivity contribution in [1.82, 2.24) is 0 Å². The van der Waals surface area contributed by atoms with E-state index in [4.69, 9.17) is 25.8 Å². The molecule has 0 aliphatic heterocycles. The number of rotatable bonds is 7. The average Bonchev–Trinajstić information content (AvgIpc) is 2.38. The van der Waals surface area contributed by atoms with E-state index in [0.29, 0.717) is 17.1 Å². The van der Waals surface area contributed by atoms with Crippen molar-refractivity contribution in [2.24, 2.45) is 0 Å². The molecular formula is C12H15ClO5. The van der Waals surface area contributed by atoms with Gasteiger partial charge in [0, 0.05) is 11.4 Å². The lowest BCUT2D eigenvalue weighted by molar-refractivity contribution is -0.150. The van der Waals surface area contributed by atoms with Gasteiger partial charge in [0.15, 0.2) is 6.10 Å². The van der Waals surface area contributed by atoms with Crippen LogP contribution in [0.3, 0.4) is 0 Å². The summed E-state index contributed by atoms with van der Waals surface area (Å²) in [4.78, 5) is 11.2. The van der Waals surface area contributed by atoms with Crippen LogP contribution in [0.1, 0.15) is 11.7 Å². The van der Waals surface area contributed by atoms with Gasteiger partial charge >= 0.3 is 5.97 Å². The van der Waals surface area contributed by atoms with E-state index in [9.17, 15) is 9.90 Å². The zero-order valence-corrected chi connectivity index (χ0v) is 10.9. The van der Waals surface area contributed by atoms with Gasteiger partial charge in [0.2, 0.25) is 0 Å². The van der Waals surface area contributed by atoms with E-state index in [1.165, 1.54) is 14.2 Å². The van der Waals surface area contributed by atoms with Crippen molar-refractivity contribution in [2.45, 2.75) is 6.10 Å². The van der Waals surface area contributed by atoms with Crippen LogP contribution in [-0.2, 0) is 9.53 Å². The van der Waals surface area contributed by atoms with E-state index in [0.717, 1.165) is 0 Å². The molecule has 0 bridgehead atoms. The molecule has 1 atom stereocenters. The van der Waals surface area contributed by atoms with Crippen molar-refractivity contribution < 1.29 is 24.1 Å². The van der Waals surface area contributed by atoms with Crippen LogP contribution >= 0.6 is 11.6 Å². The quantitative estimate of drug-likeness (QED) is 0.771. The zero-order chi connectivity index (χ0) is 13.5. The molecule has 0 aromatic heterocycles. The van der Waals surface area contributed by atoms with E-state index in [2.05, 4.69) is 0 Å². The molecule has 6 heteroatoms. The maximum Gasteiger partial charge on any atom is 0.337 e. The highest BCUT2D eigenvalue weighted by Crippen LogP contribution is 2.31. The number of alkyl halides is 1. The molecule has 100 valence electrons. The maximum absolute atomic E-state index is 11.2. The number of ether oxygens (including phenoxy) is 3. The Kier molecular flexibility index (Phi) is 5.74. The molecule has 0 fully saturated rings. The van der Waals surface area contributed by atoms with Crippen molar-refractivity contribution >= 4 is 17.6 Å². The van der Waals surface area contributed by atoms with Crippen LogP contribution < -0.4 is 9.47 Å². The first-order valence-corrected chi connectivity index (χ1v) is 5.79. The van der Waals surface area contributed by atoms with Crippen LogP contribution in [0.2, 0.25) is 0 Å². The van der Waals surface area contributed by atoms with Crippen LogP contribution in [0.4, 0.5) is 0 Å². The molecular weight excluding hydrogens is 260 g/mol. The van der Waals surface area contributed by atoms with Crippen LogP contribution in [0.15, 0.2) is 18.2 Å². The van der Waals surface area contributed by atoms with Gasteiger partial charge in [0.25, 0.3) is 0 Å². The van der Waals surface area contributed by atoms with Gasteiger partial charge in [-0.15, -0.1) is 11.6 Å². The predicted octanol–water partition coefficient (Wildman–Crippen LogP) is 2.08. The largest absolute Gasteiger partial charge is 0.497 e. The Bertz CT molecular complexity index is 407. The molecule has 1 N–H and O–H groups in total. The summed E-state index contributed by atoms with van der Waals surface area (Å²) in [5.74, 6) is 0.0757. The number of carboxylic acid groups (broad SMARTS) is 1. The van der Waals surface area contributed by atoms with Crippen LogP contribution in [0, 0.1) is 0 Å². The zero-order valence-electron chi connectivity index (χ0n) is 10.2. The monoisotopic (exact) mass is 274 g/mol. The first kappa shape index (κ1) is 14.6. The highest BCUT2D eigenvalue weighted by molar-refractivity contribution is 6.17. The maximum atomic E-state index is 11.2. The van der Waals surface area contributed by atoms with E-state index in [-0.39, 0.29) is 12.5 Å². The van der Waals surface area contributed by atoms with Crippen LogP contribution in [0.25, 0.3) is 0 Å². The van der Waals surface area contributed by atoms with E-state index in [1.54, 1.807) is 18.2 Å². The Hall–Kier alpha value is -1.46. The van der Waals surface area contributed by atoms with Crippen molar-refractivity contribution in [1.29, 1.82) is 0 Å². The molecule has 0 saturated heterocycles. The summed E-state index contributed by atoms with van der Waals surface area (Å²) in [5, 5.41) is 9.17. The first-order chi connectivity index (χ1) is 8.63. The summed E-state index contributed by atoms with van der Waals surface area (Å²) in [6, 6.07) is 4.89. The third kappa shape index (κ3) is 3.51. The second kappa shape index (κ2) is 7.08. The summed E-state index contributed by atoms with van der Waals surface area (Å²) in [6.45, 7) is 0.138. The van der Waals surface area contributed by atoms with Crippen molar-refractivity contribution in [3.8, 4) is 11.5 Å². The molecule has 1 aromatic rings. The molecule has 0 spiro atoms. The van der Waals surface area contributed by atoms with Crippen LogP contribution in [-0.4, -0.2) is 37.8 Å². The van der Waals surface area contributed by atoms with Gasteiger partial charge in [0.1, 0.15) is 11.5 Å². The lowest BCUT2D eigenvalue weighted by atomic mass is 10.1. The minimum Gasteiger partial charge on any atom is -0.497 e. The molecule has 0 amide bonds. The Morgan fingerprint density at radius 3 is 2.61 bits per heavy atom. The van der Waals surface area contributed by atoms with Gasteiger partial charge < -0.3 is 19.3 Å². The molecule has 0 saturated carbocycles. The Labute approximate surface area is 110 Å². The standard InChI is InChI=1S/C12H15ClO5/c1-16-8-3-4-10(17-2)9(7-8)11(12(14)15)18-6-5-13/h3-4,7,11H,5-6H2,1-2H3,(H,14,15). The van der Waals surface area contributed by atoms with Crippen molar-refractivity contribution in [3.63, 3.8) is 0 Å². The molecule has 1 unspecified atom stereocenters. The number of hydrogen-bond donors (Lipinski definition) is 1. The lowest BCUT2D eigenvalue weighted by Gasteiger charge is -2.17. The Morgan fingerprint density at radius 2 is 2.11 bits per heavy atom. The van der Waals surface area contributed by atoms with Gasteiger partial charge in [-0.05, 0) is 18.2 Å². The summed E-state index contributed by atoms with van der Waals surface area (Å²) in [6.07, 6.45) is -1.13. The molecule has 0 radical (unpaired) electrons. The van der Waals surface area contributed by atoms with E-state index in [1.807, 2.05) is 0 Å². The normalized spacial score (nSPS) is 11.9. The number of aliphatic carboxylic acids is 1. The smallest absolute Gasteiger partial charge is 0.337 e. The molecule has 18 heavy (non-hydrogen) atoms. The Balaban J connectivity index is 3.11. The first-order valence-electron chi connectivity index (χ1n) is 5.26. The van der Waals surface area contributed by atoms with Gasteiger partial charge in [-0.1, -0.05) is 0 Å². The summed E-state index contributed by atoms with van der Waals surface area (Å²) < 4.78 is 15.4. The fourth-order valence-corrected chi connectivity index (χ4v) is 1.59. The highest BCUT2D eigenvalue weighted by atomic mass is 35.5. The second-order valence-corrected chi connectivity index (χ2v) is 3.76. The third-order valence-corrected chi connectivity index (χ3v) is 2.46. The van der Waals surface area contributed by atoms with Crippen LogP contribution in [0.5, 0.6) is 11.5 Å². The fourth-order valence-electron chi connectivity index (χ4n) is 1.50. The molecule has 0 heterocycles. The predicted molar refractivity (Wildman–Crippen MR) is 66.6 cm³/mol. The minimum absolute atomic E-state index is 0.138. The number of halogens is 1. The van der Waals surface area contributed by atoms with Gasteiger partial charge in [-0.25, -0.2) is 4.79 Å². The van der Waals surface area contributed by atoms with Crippen molar-refractivity contribution in [2.75, 3.05) is 26.7 Å². The highest BCUT2D eigenvalue weighted by Gasteiger charge is 2.24. The fraction of sp³-hybridized carbons (Fsp3) is 0.417.